The molecule has 17 heavy (non-hydrogen) atoms. The largest absolute Gasteiger partial charge is 0.384 e. The molecule has 1 aromatic heterocycles. The van der Waals surface area contributed by atoms with Gasteiger partial charge in [-0.25, -0.2) is 0 Å². The van der Waals surface area contributed by atoms with Gasteiger partial charge in [0, 0.05) is 13.5 Å². The number of aliphatic hydroxyl groups excluding tert-OH is 1. The molecule has 0 saturated carbocycles. The first kappa shape index (κ1) is 11.8. The Bertz CT molecular complexity index is 456. The molecule has 0 fully saturated rings. The van der Waals surface area contributed by atoms with Gasteiger partial charge in [0.15, 0.2) is 11.9 Å². The van der Waals surface area contributed by atoms with Gasteiger partial charge in [-0.1, -0.05) is 35.5 Å². The highest BCUT2D eigenvalue weighted by Gasteiger charge is 2.17. The summed E-state index contributed by atoms with van der Waals surface area (Å²) in [4.78, 5) is 4.12. The van der Waals surface area contributed by atoms with Gasteiger partial charge in [0.2, 0.25) is 0 Å². The number of aliphatic hydroxyl groups is 1. The van der Waals surface area contributed by atoms with Crippen LogP contribution in [0, 0.1) is 0 Å². The third kappa shape index (κ3) is 2.89. The summed E-state index contributed by atoms with van der Waals surface area (Å²) in [5.41, 5.74) is 0.731. The Morgan fingerprint density at radius 3 is 2.82 bits per heavy atom. The predicted molar refractivity (Wildman–Crippen MR) is 60.4 cm³/mol. The lowest BCUT2D eigenvalue weighted by Gasteiger charge is -2.04. The monoisotopic (exact) mass is 234 g/mol. The molecule has 5 nitrogen and oxygen atoms in total. The van der Waals surface area contributed by atoms with Crippen molar-refractivity contribution in [2.24, 2.45) is 0 Å². The van der Waals surface area contributed by atoms with Gasteiger partial charge in [-0.05, 0) is 5.56 Å². The van der Waals surface area contributed by atoms with Crippen molar-refractivity contribution in [1.82, 2.24) is 10.1 Å². The Morgan fingerprint density at radius 1 is 1.35 bits per heavy atom. The van der Waals surface area contributed by atoms with E-state index in [1.54, 1.807) is 7.11 Å². The van der Waals surface area contributed by atoms with E-state index < -0.39 is 6.10 Å². The standard InChI is InChI=1S/C12H14N2O3/c1-16-8-7-10-13-12(17-14-10)11(15)9-5-3-2-4-6-9/h2-6,11,15H,7-8H2,1H3. The second kappa shape index (κ2) is 5.56. The highest BCUT2D eigenvalue weighted by Crippen LogP contribution is 2.19. The van der Waals surface area contributed by atoms with Gasteiger partial charge in [-0.2, -0.15) is 4.98 Å². The van der Waals surface area contributed by atoms with Crippen molar-refractivity contribution in [3.63, 3.8) is 0 Å². The molecule has 0 spiro atoms. The van der Waals surface area contributed by atoms with E-state index >= 15 is 0 Å². The Labute approximate surface area is 99.0 Å². The number of ether oxygens (including phenoxy) is 1. The van der Waals surface area contributed by atoms with Gasteiger partial charge in [-0.3, -0.25) is 0 Å². The molecule has 0 aliphatic rings. The van der Waals surface area contributed by atoms with Crippen molar-refractivity contribution in [3.8, 4) is 0 Å². The van der Waals surface area contributed by atoms with Gasteiger partial charge < -0.3 is 14.4 Å². The number of rotatable bonds is 5. The van der Waals surface area contributed by atoms with Crippen molar-refractivity contribution < 1.29 is 14.4 Å². The molecule has 90 valence electrons. The first-order chi connectivity index (χ1) is 8.31. The van der Waals surface area contributed by atoms with Crippen molar-refractivity contribution in [2.75, 3.05) is 13.7 Å². The summed E-state index contributed by atoms with van der Waals surface area (Å²) in [5.74, 6) is 0.749. The molecule has 0 aliphatic carbocycles. The zero-order valence-electron chi connectivity index (χ0n) is 9.54. The number of methoxy groups -OCH3 is 1. The molecule has 1 atom stereocenters. The van der Waals surface area contributed by atoms with Gasteiger partial charge in [0.25, 0.3) is 5.89 Å². The van der Waals surface area contributed by atoms with Crippen LogP contribution in [0.4, 0.5) is 0 Å². The summed E-state index contributed by atoms with van der Waals surface area (Å²) < 4.78 is 9.93. The summed E-state index contributed by atoms with van der Waals surface area (Å²) >= 11 is 0. The van der Waals surface area contributed by atoms with Crippen LogP contribution in [0.5, 0.6) is 0 Å². The molecule has 2 aromatic rings. The zero-order chi connectivity index (χ0) is 12.1. The molecule has 1 heterocycles. The molecule has 0 bridgehead atoms. The van der Waals surface area contributed by atoms with E-state index in [4.69, 9.17) is 9.26 Å². The van der Waals surface area contributed by atoms with Crippen molar-refractivity contribution in [1.29, 1.82) is 0 Å². The number of hydrogen-bond donors (Lipinski definition) is 1. The smallest absolute Gasteiger partial charge is 0.260 e. The van der Waals surface area contributed by atoms with Gasteiger partial charge in [0.05, 0.1) is 6.61 Å². The maximum absolute atomic E-state index is 10.0. The number of benzene rings is 1. The third-order valence-corrected chi connectivity index (χ3v) is 2.36. The number of nitrogens with zero attached hydrogens (tertiary/aromatic N) is 2. The summed E-state index contributed by atoms with van der Waals surface area (Å²) in [7, 11) is 1.61. The normalized spacial score (nSPS) is 12.6. The molecule has 1 aromatic carbocycles. The molecular weight excluding hydrogens is 220 g/mol. The quantitative estimate of drug-likeness (QED) is 0.845. The highest BCUT2D eigenvalue weighted by atomic mass is 16.5. The SMILES string of the molecule is COCCc1noc(C(O)c2ccccc2)n1. The first-order valence-corrected chi connectivity index (χ1v) is 5.35. The Kier molecular flexibility index (Phi) is 3.85. The van der Waals surface area contributed by atoms with Crippen molar-refractivity contribution in [3.05, 3.63) is 47.6 Å². The summed E-state index contributed by atoms with van der Waals surface area (Å²) in [6.07, 6.45) is -0.304. The fourth-order valence-electron chi connectivity index (χ4n) is 1.45. The minimum atomic E-state index is -0.875. The van der Waals surface area contributed by atoms with E-state index in [9.17, 15) is 5.11 Å². The highest BCUT2D eigenvalue weighted by molar-refractivity contribution is 5.21. The maximum atomic E-state index is 10.0. The van der Waals surface area contributed by atoms with Crippen LogP contribution < -0.4 is 0 Å². The van der Waals surface area contributed by atoms with Crippen LogP contribution >= 0.6 is 0 Å². The summed E-state index contributed by atoms with van der Waals surface area (Å²) in [6.45, 7) is 0.528. The van der Waals surface area contributed by atoms with Gasteiger partial charge in [0.1, 0.15) is 0 Å². The molecule has 0 aliphatic heterocycles. The fourth-order valence-corrected chi connectivity index (χ4v) is 1.45. The molecule has 0 saturated heterocycles. The maximum Gasteiger partial charge on any atom is 0.260 e. The lowest BCUT2D eigenvalue weighted by Crippen LogP contribution is -2.01. The van der Waals surface area contributed by atoms with Crippen LogP contribution in [0.15, 0.2) is 34.9 Å². The van der Waals surface area contributed by atoms with Crippen LogP contribution in [-0.2, 0) is 11.2 Å². The lowest BCUT2D eigenvalue weighted by atomic mass is 10.1. The van der Waals surface area contributed by atoms with E-state index in [-0.39, 0.29) is 5.89 Å². The minimum absolute atomic E-state index is 0.210. The molecule has 1 unspecified atom stereocenters. The van der Waals surface area contributed by atoms with Crippen LogP contribution in [-0.4, -0.2) is 29.0 Å². The van der Waals surface area contributed by atoms with E-state index in [0.29, 0.717) is 18.9 Å². The lowest BCUT2D eigenvalue weighted by molar-refractivity contribution is 0.170. The van der Waals surface area contributed by atoms with Crippen LogP contribution in [0.25, 0.3) is 0 Å². The Morgan fingerprint density at radius 2 is 2.12 bits per heavy atom. The topological polar surface area (TPSA) is 68.4 Å². The first-order valence-electron chi connectivity index (χ1n) is 5.35. The van der Waals surface area contributed by atoms with Crippen LogP contribution in [0.2, 0.25) is 0 Å². The summed E-state index contributed by atoms with van der Waals surface area (Å²) in [6, 6.07) is 9.20. The molecule has 1 N–H and O–H groups in total. The van der Waals surface area contributed by atoms with E-state index in [2.05, 4.69) is 10.1 Å². The average Bonchev–Trinajstić information content (AvgIpc) is 2.85. The van der Waals surface area contributed by atoms with Gasteiger partial charge >= 0.3 is 0 Å². The van der Waals surface area contributed by atoms with E-state index in [1.807, 2.05) is 30.3 Å². The predicted octanol–water partition coefficient (Wildman–Crippen LogP) is 1.34. The van der Waals surface area contributed by atoms with E-state index in [0.717, 1.165) is 5.56 Å². The third-order valence-electron chi connectivity index (χ3n) is 2.36. The number of hydrogen-bond acceptors (Lipinski definition) is 5. The van der Waals surface area contributed by atoms with Crippen LogP contribution in [0.1, 0.15) is 23.4 Å². The fraction of sp³-hybridized carbons (Fsp3) is 0.333. The second-order valence-corrected chi connectivity index (χ2v) is 3.60. The van der Waals surface area contributed by atoms with Crippen LogP contribution in [0.3, 0.4) is 0 Å². The summed E-state index contributed by atoms with van der Waals surface area (Å²) in [5, 5.41) is 13.8. The molecule has 2 rings (SSSR count). The molecule has 5 heteroatoms. The molecular formula is C12H14N2O3. The second-order valence-electron chi connectivity index (χ2n) is 3.60. The Balaban J connectivity index is 2.09. The van der Waals surface area contributed by atoms with Gasteiger partial charge in [-0.15, -0.1) is 0 Å². The Hall–Kier alpha value is -1.72. The minimum Gasteiger partial charge on any atom is -0.384 e. The molecule has 0 amide bonds. The average molecular weight is 234 g/mol. The zero-order valence-corrected chi connectivity index (χ0v) is 9.54. The molecule has 0 radical (unpaired) electrons. The van der Waals surface area contributed by atoms with E-state index in [1.165, 1.54) is 0 Å². The number of aromatic nitrogens is 2. The van der Waals surface area contributed by atoms with Crippen molar-refractivity contribution in [2.45, 2.75) is 12.5 Å². The van der Waals surface area contributed by atoms with Crippen molar-refractivity contribution >= 4 is 0 Å².